The summed E-state index contributed by atoms with van der Waals surface area (Å²) in [7, 11) is 0. The smallest absolute Gasteiger partial charge is 0.119 e. The maximum absolute atomic E-state index is 5.78. The first-order chi connectivity index (χ1) is 8.43. The molecule has 0 radical (unpaired) electrons. The Labute approximate surface area is 101 Å². The van der Waals surface area contributed by atoms with Gasteiger partial charge < -0.3 is 10.1 Å². The average Bonchev–Trinajstić information content (AvgIpc) is 2.86. The highest BCUT2D eigenvalue weighted by Crippen LogP contribution is 2.27. The zero-order valence-corrected chi connectivity index (χ0v) is 9.65. The summed E-state index contributed by atoms with van der Waals surface area (Å²) in [4.78, 5) is 0. The lowest BCUT2D eigenvalue weighted by atomic mass is 10.1. The lowest BCUT2D eigenvalue weighted by Crippen LogP contribution is -2.00. The molecular weight excluding hydrogens is 210 g/mol. The molecule has 86 valence electrons. The van der Waals surface area contributed by atoms with Crippen LogP contribution in [0.3, 0.4) is 0 Å². The first-order valence-corrected chi connectivity index (χ1v) is 5.96. The molecule has 0 unspecified atom stereocenters. The van der Waals surface area contributed by atoms with Crippen molar-refractivity contribution >= 4 is 5.69 Å². The number of hydrogen-bond acceptors (Lipinski definition) is 2. The summed E-state index contributed by atoms with van der Waals surface area (Å²) in [6, 6.07) is 16.4. The molecule has 0 fully saturated rings. The van der Waals surface area contributed by atoms with Crippen LogP contribution in [0.5, 0.6) is 5.75 Å². The Kier molecular flexibility index (Phi) is 2.70. The summed E-state index contributed by atoms with van der Waals surface area (Å²) in [6.07, 6.45) is 1.12. The van der Waals surface area contributed by atoms with Gasteiger partial charge in [0.1, 0.15) is 12.4 Å². The molecule has 1 aliphatic rings. The Morgan fingerprint density at radius 1 is 1.00 bits per heavy atom. The molecule has 0 aliphatic carbocycles. The lowest BCUT2D eigenvalue weighted by molar-refractivity contribution is 0.307. The molecule has 2 aromatic carbocycles. The minimum Gasteiger partial charge on any atom is -0.489 e. The molecule has 0 bridgehead atoms. The maximum atomic E-state index is 5.78. The second-order valence-corrected chi connectivity index (χ2v) is 4.23. The SMILES string of the molecule is c1ccc(OCc2cccc3c2NCC3)cc1. The van der Waals surface area contributed by atoms with Crippen LogP contribution in [-0.2, 0) is 13.0 Å². The number of para-hydroxylation sites is 2. The van der Waals surface area contributed by atoms with E-state index in [1.54, 1.807) is 0 Å². The molecular formula is C15H15NO. The third kappa shape index (κ3) is 2.11. The number of anilines is 1. The Hall–Kier alpha value is -1.96. The van der Waals surface area contributed by atoms with Gasteiger partial charge in [-0.1, -0.05) is 36.4 Å². The Morgan fingerprint density at radius 2 is 1.88 bits per heavy atom. The van der Waals surface area contributed by atoms with Crippen LogP contribution in [-0.4, -0.2) is 6.54 Å². The van der Waals surface area contributed by atoms with Crippen molar-refractivity contribution in [2.45, 2.75) is 13.0 Å². The maximum Gasteiger partial charge on any atom is 0.119 e. The van der Waals surface area contributed by atoms with Gasteiger partial charge in [-0.15, -0.1) is 0 Å². The number of rotatable bonds is 3. The van der Waals surface area contributed by atoms with Crippen molar-refractivity contribution in [2.24, 2.45) is 0 Å². The molecule has 3 rings (SSSR count). The van der Waals surface area contributed by atoms with E-state index in [1.807, 2.05) is 30.3 Å². The van der Waals surface area contributed by atoms with Crippen LogP contribution in [0.2, 0.25) is 0 Å². The van der Waals surface area contributed by atoms with Gasteiger partial charge in [0, 0.05) is 17.8 Å². The highest BCUT2D eigenvalue weighted by Gasteiger charge is 2.13. The van der Waals surface area contributed by atoms with Crippen LogP contribution in [0, 0.1) is 0 Å². The standard InChI is InChI=1S/C15H15NO/c1-2-7-14(8-3-1)17-11-13-6-4-5-12-9-10-16-15(12)13/h1-8,16H,9-11H2. The molecule has 0 aromatic heterocycles. The minimum absolute atomic E-state index is 0.625. The van der Waals surface area contributed by atoms with Crippen LogP contribution >= 0.6 is 0 Å². The average molecular weight is 225 g/mol. The van der Waals surface area contributed by atoms with E-state index in [9.17, 15) is 0 Å². The molecule has 2 aromatic rings. The fourth-order valence-electron chi connectivity index (χ4n) is 2.21. The van der Waals surface area contributed by atoms with E-state index in [-0.39, 0.29) is 0 Å². The van der Waals surface area contributed by atoms with Gasteiger partial charge in [-0.05, 0) is 24.1 Å². The van der Waals surface area contributed by atoms with Gasteiger partial charge in [-0.3, -0.25) is 0 Å². The van der Waals surface area contributed by atoms with Crippen LogP contribution < -0.4 is 10.1 Å². The van der Waals surface area contributed by atoms with Crippen molar-refractivity contribution in [1.29, 1.82) is 0 Å². The second kappa shape index (κ2) is 4.50. The van der Waals surface area contributed by atoms with Gasteiger partial charge in [0.25, 0.3) is 0 Å². The number of ether oxygens (including phenoxy) is 1. The zero-order chi connectivity index (χ0) is 11.5. The summed E-state index contributed by atoms with van der Waals surface area (Å²) in [5, 5.41) is 3.42. The van der Waals surface area contributed by atoms with Gasteiger partial charge in [-0.25, -0.2) is 0 Å². The highest BCUT2D eigenvalue weighted by molar-refractivity contribution is 5.61. The van der Waals surface area contributed by atoms with Crippen LogP contribution in [0.25, 0.3) is 0 Å². The summed E-state index contributed by atoms with van der Waals surface area (Å²) >= 11 is 0. The molecule has 0 spiro atoms. The molecule has 17 heavy (non-hydrogen) atoms. The summed E-state index contributed by atoms with van der Waals surface area (Å²) in [6.45, 7) is 1.66. The quantitative estimate of drug-likeness (QED) is 0.865. The molecule has 1 N–H and O–H groups in total. The van der Waals surface area contributed by atoms with Gasteiger partial charge in [0.15, 0.2) is 0 Å². The lowest BCUT2D eigenvalue weighted by Gasteiger charge is -2.10. The third-order valence-electron chi connectivity index (χ3n) is 3.07. The third-order valence-corrected chi connectivity index (χ3v) is 3.07. The Morgan fingerprint density at radius 3 is 2.76 bits per heavy atom. The van der Waals surface area contributed by atoms with E-state index in [4.69, 9.17) is 4.74 Å². The van der Waals surface area contributed by atoms with E-state index in [2.05, 4.69) is 23.5 Å². The number of fused-ring (bicyclic) bond motifs is 1. The molecule has 0 saturated carbocycles. The van der Waals surface area contributed by atoms with Crippen molar-refractivity contribution in [1.82, 2.24) is 0 Å². The summed E-state index contributed by atoms with van der Waals surface area (Å²) in [5.41, 5.74) is 3.91. The second-order valence-electron chi connectivity index (χ2n) is 4.23. The molecule has 2 nitrogen and oxygen atoms in total. The normalized spacial score (nSPS) is 12.9. The Balaban J connectivity index is 1.76. The van der Waals surface area contributed by atoms with E-state index in [0.717, 1.165) is 18.7 Å². The molecule has 0 atom stereocenters. The van der Waals surface area contributed by atoms with Crippen molar-refractivity contribution in [3.8, 4) is 5.75 Å². The fourth-order valence-corrected chi connectivity index (χ4v) is 2.21. The summed E-state index contributed by atoms with van der Waals surface area (Å²) < 4.78 is 5.78. The van der Waals surface area contributed by atoms with Crippen LogP contribution in [0.4, 0.5) is 5.69 Å². The fraction of sp³-hybridized carbons (Fsp3) is 0.200. The minimum atomic E-state index is 0.625. The van der Waals surface area contributed by atoms with E-state index < -0.39 is 0 Å². The molecule has 0 amide bonds. The highest BCUT2D eigenvalue weighted by atomic mass is 16.5. The first kappa shape index (κ1) is 10.2. The van der Waals surface area contributed by atoms with Crippen LogP contribution in [0.1, 0.15) is 11.1 Å². The first-order valence-electron chi connectivity index (χ1n) is 5.96. The monoisotopic (exact) mass is 225 g/mol. The molecule has 1 aliphatic heterocycles. The van der Waals surface area contributed by atoms with Crippen molar-refractivity contribution in [3.05, 3.63) is 59.7 Å². The van der Waals surface area contributed by atoms with Crippen molar-refractivity contribution in [3.63, 3.8) is 0 Å². The van der Waals surface area contributed by atoms with Crippen molar-refractivity contribution in [2.75, 3.05) is 11.9 Å². The van der Waals surface area contributed by atoms with Gasteiger partial charge in [-0.2, -0.15) is 0 Å². The molecule has 0 saturated heterocycles. The molecule has 1 heterocycles. The van der Waals surface area contributed by atoms with E-state index >= 15 is 0 Å². The van der Waals surface area contributed by atoms with Crippen LogP contribution in [0.15, 0.2) is 48.5 Å². The predicted octanol–water partition coefficient (Wildman–Crippen LogP) is 3.23. The molecule has 2 heteroatoms. The summed E-state index contributed by atoms with van der Waals surface area (Å²) in [5.74, 6) is 0.920. The Bertz CT molecular complexity index is 508. The number of nitrogens with one attached hydrogen (secondary N) is 1. The van der Waals surface area contributed by atoms with Gasteiger partial charge in [0.05, 0.1) is 0 Å². The number of benzene rings is 2. The van der Waals surface area contributed by atoms with E-state index in [1.165, 1.54) is 16.8 Å². The largest absolute Gasteiger partial charge is 0.489 e. The topological polar surface area (TPSA) is 21.3 Å². The number of hydrogen-bond donors (Lipinski definition) is 1. The van der Waals surface area contributed by atoms with E-state index in [0.29, 0.717) is 6.61 Å². The van der Waals surface area contributed by atoms with Gasteiger partial charge in [0.2, 0.25) is 0 Å². The predicted molar refractivity (Wildman–Crippen MR) is 69.4 cm³/mol. The zero-order valence-electron chi connectivity index (χ0n) is 9.65. The van der Waals surface area contributed by atoms with Gasteiger partial charge >= 0.3 is 0 Å². The van der Waals surface area contributed by atoms with Crippen molar-refractivity contribution < 1.29 is 4.74 Å².